The van der Waals surface area contributed by atoms with Gasteiger partial charge in [0.2, 0.25) is 0 Å². The maximum Gasteiger partial charge on any atom is 0.317 e. The van der Waals surface area contributed by atoms with Crippen molar-refractivity contribution in [1.29, 1.82) is 0 Å². The number of nitrogens with one attached hydrogen (secondary N) is 1. The van der Waals surface area contributed by atoms with Gasteiger partial charge in [-0.1, -0.05) is 29.8 Å². The molecule has 2 aromatic rings. The Hall–Kier alpha value is -1.72. The lowest BCUT2D eigenvalue weighted by Gasteiger charge is -2.36. The van der Waals surface area contributed by atoms with Crippen LogP contribution >= 0.6 is 22.9 Å². The van der Waals surface area contributed by atoms with Gasteiger partial charge >= 0.3 is 6.03 Å². The van der Waals surface area contributed by atoms with Gasteiger partial charge in [-0.15, -0.1) is 11.3 Å². The topological polar surface area (TPSA) is 35.6 Å². The molecular weight excluding hydrogens is 330 g/mol. The van der Waals surface area contributed by atoms with Gasteiger partial charge < -0.3 is 15.1 Å². The zero-order chi connectivity index (χ0) is 16.1. The van der Waals surface area contributed by atoms with E-state index < -0.39 is 0 Å². The molecule has 0 bridgehead atoms. The van der Waals surface area contributed by atoms with Crippen molar-refractivity contribution in [2.45, 2.75) is 6.42 Å². The smallest absolute Gasteiger partial charge is 0.317 e. The van der Waals surface area contributed by atoms with Gasteiger partial charge in [0.1, 0.15) is 0 Å². The van der Waals surface area contributed by atoms with Gasteiger partial charge in [0, 0.05) is 37.6 Å². The molecule has 0 radical (unpaired) electrons. The van der Waals surface area contributed by atoms with E-state index in [2.05, 4.69) is 21.7 Å². The number of nitrogens with zero attached hydrogens (tertiary/aromatic N) is 2. The summed E-state index contributed by atoms with van der Waals surface area (Å²) in [5.41, 5.74) is 1.05. The van der Waals surface area contributed by atoms with E-state index >= 15 is 0 Å². The largest absolute Gasteiger partial charge is 0.367 e. The molecule has 23 heavy (non-hydrogen) atoms. The summed E-state index contributed by atoms with van der Waals surface area (Å²) in [4.78, 5) is 17.6. The van der Waals surface area contributed by atoms with Gasteiger partial charge in [-0.3, -0.25) is 0 Å². The summed E-state index contributed by atoms with van der Waals surface area (Å²) in [5, 5.41) is 5.83. The molecule has 2 heterocycles. The maximum atomic E-state index is 12.2. The van der Waals surface area contributed by atoms with Crippen molar-refractivity contribution < 1.29 is 4.79 Å². The molecule has 1 aliphatic rings. The average Bonchev–Trinajstić information content (AvgIpc) is 3.09. The Kier molecular flexibility index (Phi) is 5.41. The van der Waals surface area contributed by atoms with Crippen LogP contribution in [0.5, 0.6) is 0 Å². The van der Waals surface area contributed by atoms with Crippen LogP contribution in [0.1, 0.15) is 4.88 Å². The quantitative estimate of drug-likeness (QED) is 0.917. The molecule has 1 aromatic carbocycles. The summed E-state index contributed by atoms with van der Waals surface area (Å²) in [6, 6.07) is 12.0. The highest BCUT2D eigenvalue weighted by molar-refractivity contribution is 7.09. The molecule has 1 N–H and O–H groups in total. The lowest BCUT2D eigenvalue weighted by atomic mass is 10.2. The number of amides is 2. The molecular formula is C17H20ClN3OS. The fraction of sp³-hybridized carbons (Fsp3) is 0.353. The third-order valence-electron chi connectivity index (χ3n) is 3.99. The number of halogens is 1. The second kappa shape index (κ2) is 7.70. The van der Waals surface area contributed by atoms with Gasteiger partial charge in [0.25, 0.3) is 0 Å². The van der Waals surface area contributed by atoms with Crippen LogP contribution in [0.25, 0.3) is 0 Å². The highest BCUT2D eigenvalue weighted by Gasteiger charge is 2.21. The molecule has 0 aliphatic carbocycles. The van der Waals surface area contributed by atoms with Crippen molar-refractivity contribution in [1.82, 2.24) is 10.2 Å². The zero-order valence-electron chi connectivity index (χ0n) is 12.9. The van der Waals surface area contributed by atoms with E-state index in [4.69, 9.17) is 11.6 Å². The first-order valence-electron chi connectivity index (χ1n) is 7.78. The number of hydrogen-bond donors (Lipinski definition) is 1. The molecule has 6 heteroatoms. The molecule has 1 saturated heterocycles. The average molecular weight is 350 g/mol. The maximum absolute atomic E-state index is 12.2. The molecule has 4 nitrogen and oxygen atoms in total. The third kappa shape index (κ3) is 4.18. The predicted molar refractivity (Wildman–Crippen MR) is 96.7 cm³/mol. The van der Waals surface area contributed by atoms with E-state index in [-0.39, 0.29) is 6.03 Å². The molecule has 122 valence electrons. The van der Waals surface area contributed by atoms with E-state index in [1.54, 1.807) is 11.3 Å². The first-order chi connectivity index (χ1) is 11.2. The van der Waals surface area contributed by atoms with Crippen molar-refractivity contribution in [3.8, 4) is 0 Å². The van der Waals surface area contributed by atoms with E-state index in [1.807, 2.05) is 35.2 Å². The summed E-state index contributed by atoms with van der Waals surface area (Å²) >= 11 is 7.97. The molecule has 0 saturated carbocycles. The molecule has 1 fully saturated rings. The second-order valence-electron chi connectivity index (χ2n) is 5.49. The Morgan fingerprint density at radius 1 is 1.13 bits per heavy atom. The van der Waals surface area contributed by atoms with Crippen LogP contribution in [-0.2, 0) is 6.42 Å². The number of hydrogen-bond acceptors (Lipinski definition) is 3. The van der Waals surface area contributed by atoms with E-state index in [0.29, 0.717) is 6.54 Å². The van der Waals surface area contributed by atoms with Crippen LogP contribution in [0.4, 0.5) is 10.5 Å². The number of para-hydroxylation sites is 1. The molecule has 0 unspecified atom stereocenters. The molecule has 0 spiro atoms. The van der Waals surface area contributed by atoms with Crippen LogP contribution in [0.2, 0.25) is 5.02 Å². The van der Waals surface area contributed by atoms with Gasteiger partial charge in [0.15, 0.2) is 0 Å². The number of thiophene rings is 1. The van der Waals surface area contributed by atoms with E-state index in [9.17, 15) is 4.79 Å². The van der Waals surface area contributed by atoms with Crippen molar-refractivity contribution in [2.24, 2.45) is 0 Å². The van der Waals surface area contributed by atoms with Crippen molar-refractivity contribution in [2.75, 3.05) is 37.6 Å². The van der Waals surface area contributed by atoms with Crippen LogP contribution < -0.4 is 10.2 Å². The first-order valence-corrected chi connectivity index (χ1v) is 9.04. The minimum Gasteiger partial charge on any atom is -0.367 e. The summed E-state index contributed by atoms with van der Waals surface area (Å²) in [6.07, 6.45) is 0.892. The predicted octanol–water partition coefficient (Wildman–Crippen LogP) is 3.48. The Morgan fingerprint density at radius 3 is 2.61 bits per heavy atom. The molecule has 3 rings (SSSR count). The highest BCUT2D eigenvalue weighted by atomic mass is 35.5. The summed E-state index contributed by atoms with van der Waals surface area (Å²) in [5.74, 6) is 0. The minimum atomic E-state index is 0.0281. The minimum absolute atomic E-state index is 0.0281. The fourth-order valence-electron chi connectivity index (χ4n) is 2.72. The lowest BCUT2D eigenvalue weighted by Crippen LogP contribution is -2.52. The van der Waals surface area contributed by atoms with Crippen LogP contribution in [0.15, 0.2) is 41.8 Å². The van der Waals surface area contributed by atoms with E-state index in [0.717, 1.165) is 43.3 Å². The number of benzene rings is 1. The number of rotatable bonds is 4. The monoisotopic (exact) mass is 349 g/mol. The van der Waals surface area contributed by atoms with Crippen LogP contribution in [-0.4, -0.2) is 43.7 Å². The normalized spacial score (nSPS) is 14.8. The number of urea groups is 1. The number of carbonyl (C=O) groups is 1. The number of piperazine rings is 1. The summed E-state index contributed by atoms with van der Waals surface area (Å²) < 4.78 is 0. The Bertz CT molecular complexity index is 639. The molecule has 2 amide bonds. The van der Waals surface area contributed by atoms with Gasteiger partial charge in [-0.05, 0) is 30.0 Å². The number of anilines is 1. The van der Waals surface area contributed by atoms with Crippen molar-refractivity contribution >= 4 is 34.7 Å². The zero-order valence-corrected chi connectivity index (χ0v) is 14.4. The number of carbonyl (C=O) groups excluding carboxylic acids is 1. The van der Waals surface area contributed by atoms with Gasteiger partial charge in [-0.2, -0.15) is 0 Å². The summed E-state index contributed by atoms with van der Waals surface area (Å²) in [7, 11) is 0. The van der Waals surface area contributed by atoms with E-state index in [1.165, 1.54) is 4.88 Å². The Labute approximate surface area is 145 Å². The summed E-state index contributed by atoms with van der Waals surface area (Å²) in [6.45, 7) is 3.74. The highest BCUT2D eigenvalue weighted by Crippen LogP contribution is 2.25. The van der Waals surface area contributed by atoms with Crippen molar-refractivity contribution in [3.63, 3.8) is 0 Å². The van der Waals surface area contributed by atoms with Crippen molar-refractivity contribution in [3.05, 3.63) is 51.7 Å². The molecule has 0 atom stereocenters. The Balaban J connectivity index is 1.45. The third-order valence-corrected chi connectivity index (χ3v) is 5.24. The standard InChI is InChI=1S/C17H20ClN3OS/c18-15-5-1-2-6-16(15)20-9-11-21(12-10-20)17(22)19-8-7-14-4-3-13-23-14/h1-6,13H,7-12H2,(H,19,22). The lowest BCUT2D eigenvalue weighted by molar-refractivity contribution is 0.194. The SMILES string of the molecule is O=C(NCCc1cccs1)N1CCN(c2ccccc2Cl)CC1. The Morgan fingerprint density at radius 2 is 1.91 bits per heavy atom. The first kappa shape index (κ1) is 16.1. The second-order valence-corrected chi connectivity index (χ2v) is 6.93. The van der Waals surface area contributed by atoms with Crippen LogP contribution in [0.3, 0.4) is 0 Å². The molecule has 1 aliphatic heterocycles. The van der Waals surface area contributed by atoms with Crippen LogP contribution in [0, 0.1) is 0 Å². The van der Waals surface area contributed by atoms with Gasteiger partial charge in [-0.25, -0.2) is 4.79 Å². The van der Waals surface area contributed by atoms with Gasteiger partial charge in [0.05, 0.1) is 10.7 Å². The molecule has 1 aromatic heterocycles. The fourth-order valence-corrected chi connectivity index (χ4v) is 3.68.